The molecular formula is C9H17NO3. The van der Waals surface area contributed by atoms with Gasteiger partial charge >= 0.3 is 6.09 Å². The van der Waals surface area contributed by atoms with Crippen molar-refractivity contribution >= 4 is 12.4 Å². The summed E-state index contributed by atoms with van der Waals surface area (Å²) >= 11 is 0. The fraction of sp³-hybridized carbons (Fsp3) is 0.778. The van der Waals surface area contributed by atoms with Crippen LogP contribution in [0.5, 0.6) is 0 Å². The molecule has 1 atom stereocenters. The van der Waals surface area contributed by atoms with E-state index in [1.807, 2.05) is 13.8 Å². The molecule has 0 spiro atoms. The second kappa shape index (κ2) is 7.58. The number of hydrogen-bond donors (Lipinski definition) is 1. The molecule has 0 aromatic heterocycles. The fourth-order valence-corrected chi connectivity index (χ4v) is 0.716. The lowest BCUT2D eigenvalue weighted by Gasteiger charge is -2.06. The van der Waals surface area contributed by atoms with E-state index in [1.165, 1.54) is 0 Å². The molecule has 0 aromatic rings. The molecule has 0 fully saturated rings. The average molecular weight is 187 g/mol. The topological polar surface area (TPSA) is 55.4 Å². The van der Waals surface area contributed by atoms with Crippen LogP contribution in [0.25, 0.3) is 0 Å². The van der Waals surface area contributed by atoms with Crippen molar-refractivity contribution < 1.29 is 14.3 Å². The Hall–Kier alpha value is -1.06. The van der Waals surface area contributed by atoms with Gasteiger partial charge in [-0.3, -0.25) is 0 Å². The van der Waals surface area contributed by atoms with Crippen molar-refractivity contribution in [3.8, 4) is 0 Å². The fourth-order valence-electron chi connectivity index (χ4n) is 0.716. The van der Waals surface area contributed by atoms with E-state index in [1.54, 1.807) is 0 Å². The summed E-state index contributed by atoms with van der Waals surface area (Å²) in [5.41, 5.74) is 0. The van der Waals surface area contributed by atoms with Gasteiger partial charge < -0.3 is 14.8 Å². The molecule has 0 aromatic carbocycles. The number of nitrogens with one attached hydrogen (secondary N) is 1. The highest BCUT2D eigenvalue weighted by Crippen LogP contribution is 1.94. The van der Waals surface area contributed by atoms with Crippen molar-refractivity contribution in [2.24, 2.45) is 5.92 Å². The van der Waals surface area contributed by atoms with E-state index in [-0.39, 0.29) is 5.92 Å². The van der Waals surface area contributed by atoms with Crippen LogP contribution < -0.4 is 5.32 Å². The molecule has 0 aliphatic rings. The lowest BCUT2D eigenvalue weighted by atomic mass is 10.1. The molecule has 0 aliphatic carbocycles. The Morgan fingerprint density at radius 3 is 2.85 bits per heavy atom. The van der Waals surface area contributed by atoms with Crippen LogP contribution in [0, 0.1) is 5.92 Å². The Morgan fingerprint density at radius 1 is 1.62 bits per heavy atom. The first-order valence-corrected chi connectivity index (χ1v) is 4.56. The molecule has 0 rings (SSSR count). The maximum Gasteiger partial charge on any atom is 0.407 e. The molecule has 4 nitrogen and oxygen atoms in total. The number of carbonyl (C=O) groups excluding carboxylic acids is 2. The SMILES string of the molecule is CCCOC(=O)NCC[C@H](C)C=O. The van der Waals surface area contributed by atoms with Crippen LogP contribution in [0.3, 0.4) is 0 Å². The van der Waals surface area contributed by atoms with E-state index in [0.717, 1.165) is 12.7 Å². The third-order valence-electron chi connectivity index (χ3n) is 1.54. The van der Waals surface area contributed by atoms with Crippen molar-refractivity contribution in [3.63, 3.8) is 0 Å². The van der Waals surface area contributed by atoms with Gasteiger partial charge in [-0.15, -0.1) is 0 Å². The first-order valence-electron chi connectivity index (χ1n) is 4.56. The van der Waals surface area contributed by atoms with Gasteiger partial charge in [-0.05, 0) is 12.8 Å². The monoisotopic (exact) mass is 187 g/mol. The van der Waals surface area contributed by atoms with E-state index in [4.69, 9.17) is 4.74 Å². The molecule has 4 heteroatoms. The maximum atomic E-state index is 10.9. The van der Waals surface area contributed by atoms with Crippen LogP contribution in [-0.2, 0) is 9.53 Å². The molecule has 0 aliphatic heterocycles. The number of amides is 1. The van der Waals surface area contributed by atoms with Crippen molar-refractivity contribution in [1.29, 1.82) is 0 Å². The third-order valence-corrected chi connectivity index (χ3v) is 1.54. The molecule has 1 amide bonds. The Labute approximate surface area is 78.6 Å². The molecule has 13 heavy (non-hydrogen) atoms. The zero-order valence-corrected chi connectivity index (χ0v) is 8.21. The van der Waals surface area contributed by atoms with E-state index in [0.29, 0.717) is 19.6 Å². The number of ether oxygens (including phenoxy) is 1. The minimum absolute atomic E-state index is 0.00789. The van der Waals surface area contributed by atoms with Gasteiger partial charge in [0.2, 0.25) is 0 Å². The van der Waals surface area contributed by atoms with E-state index < -0.39 is 6.09 Å². The van der Waals surface area contributed by atoms with Gasteiger partial charge in [-0.2, -0.15) is 0 Å². The normalized spacial score (nSPS) is 11.8. The van der Waals surface area contributed by atoms with E-state index in [9.17, 15) is 9.59 Å². The van der Waals surface area contributed by atoms with Crippen LogP contribution in [-0.4, -0.2) is 25.5 Å². The van der Waals surface area contributed by atoms with E-state index in [2.05, 4.69) is 5.32 Å². The van der Waals surface area contributed by atoms with Crippen LogP contribution in [0.1, 0.15) is 26.7 Å². The van der Waals surface area contributed by atoms with Crippen molar-refractivity contribution in [1.82, 2.24) is 5.32 Å². The van der Waals surface area contributed by atoms with Gasteiger partial charge in [0, 0.05) is 12.5 Å². The highest BCUT2D eigenvalue weighted by molar-refractivity contribution is 5.67. The van der Waals surface area contributed by atoms with Gasteiger partial charge in [0.25, 0.3) is 0 Å². The minimum Gasteiger partial charge on any atom is -0.450 e. The molecule has 0 radical (unpaired) electrons. The number of carbonyl (C=O) groups is 2. The second-order valence-corrected chi connectivity index (χ2v) is 2.96. The van der Waals surface area contributed by atoms with Crippen molar-refractivity contribution in [2.45, 2.75) is 26.7 Å². The average Bonchev–Trinajstić information content (AvgIpc) is 2.14. The zero-order chi connectivity index (χ0) is 10.1. The summed E-state index contributed by atoms with van der Waals surface area (Å²) in [7, 11) is 0. The summed E-state index contributed by atoms with van der Waals surface area (Å²) in [5.74, 6) is -0.00789. The predicted molar refractivity (Wildman–Crippen MR) is 49.5 cm³/mol. The Morgan fingerprint density at radius 2 is 2.31 bits per heavy atom. The summed E-state index contributed by atoms with van der Waals surface area (Å²) < 4.78 is 4.77. The van der Waals surface area contributed by atoms with Gasteiger partial charge in [-0.1, -0.05) is 13.8 Å². The molecule has 76 valence electrons. The van der Waals surface area contributed by atoms with Crippen LogP contribution in [0.4, 0.5) is 4.79 Å². The minimum atomic E-state index is -0.403. The Bertz CT molecular complexity index is 159. The number of aldehydes is 1. The second-order valence-electron chi connectivity index (χ2n) is 2.96. The molecule has 1 N–H and O–H groups in total. The summed E-state index contributed by atoms with van der Waals surface area (Å²) in [5, 5.41) is 2.56. The summed E-state index contributed by atoms with van der Waals surface area (Å²) in [6.45, 7) is 4.67. The smallest absolute Gasteiger partial charge is 0.407 e. The summed E-state index contributed by atoms with van der Waals surface area (Å²) in [6, 6.07) is 0. The Balaban J connectivity index is 3.31. The number of alkyl carbamates (subject to hydrolysis) is 1. The standard InChI is InChI=1S/C9H17NO3/c1-3-6-13-9(12)10-5-4-8(2)7-11/h7-8H,3-6H2,1-2H3,(H,10,12)/t8-/m0/s1. The van der Waals surface area contributed by atoms with Crippen LogP contribution >= 0.6 is 0 Å². The third kappa shape index (κ3) is 7.31. The van der Waals surface area contributed by atoms with Gasteiger partial charge in [0.05, 0.1) is 6.61 Å². The van der Waals surface area contributed by atoms with Crippen LogP contribution in [0.15, 0.2) is 0 Å². The highest BCUT2D eigenvalue weighted by atomic mass is 16.5. The van der Waals surface area contributed by atoms with Gasteiger partial charge in [-0.25, -0.2) is 4.79 Å². The zero-order valence-electron chi connectivity index (χ0n) is 8.21. The summed E-state index contributed by atoms with van der Waals surface area (Å²) in [4.78, 5) is 21.1. The molecule has 0 bridgehead atoms. The molecule has 0 saturated heterocycles. The largest absolute Gasteiger partial charge is 0.450 e. The Kier molecular flexibility index (Phi) is 6.96. The lowest BCUT2D eigenvalue weighted by Crippen LogP contribution is -2.26. The predicted octanol–water partition coefficient (Wildman–Crippen LogP) is 1.35. The quantitative estimate of drug-likeness (QED) is 0.638. The number of rotatable bonds is 6. The lowest BCUT2D eigenvalue weighted by molar-refractivity contribution is -0.110. The molecule has 0 heterocycles. The number of hydrogen-bond acceptors (Lipinski definition) is 3. The van der Waals surface area contributed by atoms with Gasteiger partial charge in [0.15, 0.2) is 0 Å². The molecule has 0 unspecified atom stereocenters. The van der Waals surface area contributed by atoms with Crippen molar-refractivity contribution in [3.05, 3.63) is 0 Å². The van der Waals surface area contributed by atoms with Crippen LogP contribution in [0.2, 0.25) is 0 Å². The first-order chi connectivity index (χ1) is 6.20. The molecular weight excluding hydrogens is 170 g/mol. The highest BCUT2D eigenvalue weighted by Gasteiger charge is 2.02. The maximum absolute atomic E-state index is 10.9. The first kappa shape index (κ1) is 11.9. The summed E-state index contributed by atoms with van der Waals surface area (Å²) in [6.07, 6.45) is 1.95. The van der Waals surface area contributed by atoms with E-state index >= 15 is 0 Å². The van der Waals surface area contributed by atoms with Crippen molar-refractivity contribution in [2.75, 3.05) is 13.2 Å². The molecule has 0 saturated carbocycles. The van der Waals surface area contributed by atoms with Gasteiger partial charge in [0.1, 0.15) is 6.29 Å².